The first-order valence-electron chi connectivity index (χ1n) is 8.19. The Balaban J connectivity index is 0.00000242. The van der Waals surface area contributed by atoms with Gasteiger partial charge in [0, 0.05) is 6.54 Å². The van der Waals surface area contributed by atoms with Crippen molar-refractivity contribution in [3.63, 3.8) is 0 Å². The second-order valence-electron chi connectivity index (χ2n) is 6.46. The van der Waals surface area contributed by atoms with Gasteiger partial charge in [-0.05, 0) is 42.9 Å². The number of carbonyl (C=O) groups is 1. The number of nitrogens with two attached hydrogens (primary N) is 1. The maximum atomic E-state index is 12.7. The molecular weight excluding hydrogens is 296 g/mol. The predicted octanol–water partition coefficient (Wildman–Crippen LogP) is 3.51. The van der Waals surface area contributed by atoms with E-state index in [1.54, 1.807) is 0 Å². The van der Waals surface area contributed by atoms with Crippen LogP contribution in [0.25, 0.3) is 0 Å². The summed E-state index contributed by atoms with van der Waals surface area (Å²) in [7, 11) is 0. The zero-order chi connectivity index (χ0) is 15.3. The van der Waals surface area contributed by atoms with E-state index in [1.165, 1.54) is 11.1 Å². The highest BCUT2D eigenvalue weighted by molar-refractivity contribution is 5.88. The van der Waals surface area contributed by atoms with E-state index in [9.17, 15) is 4.79 Å². The molecule has 1 saturated carbocycles. The minimum atomic E-state index is -0.315. The quantitative estimate of drug-likeness (QED) is 0.787. The number of amides is 1. The molecule has 0 atom stereocenters. The van der Waals surface area contributed by atoms with E-state index in [0.717, 1.165) is 32.1 Å². The Morgan fingerprint density at radius 1 is 1.23 bits per heavy atom. The van der Waals surface area contributed by atoms with Gasteiger partial charge in [0.1, 0.15) is 0 Å². The SMILES string of the molecule is CC(C)c1ccc(C2(C(=O)NCCCN)CCCC2)cc1.Cl. The molecule has 0 unspecified atom stereocenters. The summed E-state index contributed by atoms with van der Waals surface area (Å²) >= 11 is 0. The molecule has 0 heterocycles. The van der Waals surface area contributed by atoms with Crippen molar-refractivity contribution in [1.29, 1.82) is 0 Å². The fourth-order valence-electron chi connectivity index (χ4n) is 3.29. The van der Waals surface area contributed by atoms with Crippen molar-refractivity contribution in [2.45, 2.75) is 57.3 Å². The van der Waals surface area contributed by atoms with Crippen LogP contribution in [-0.2, 0) is 10.2 Å². The Kier molecular flexibility index (Phi) is 7.37. The maximum absolute atomic E-state index is 12.7. The van der Waals surface area contributed by atoms with Crippen LogP contribution < -0.4 is 11.1 Å². The fourth-order valence-corrected chi connectivity index (χ4v) is 3.29. The Bertz CT molecular complexity index is 464. The lowest BCUT2D eigenvalue weighted by molar-refractivity contribution is -0.126. The van der Waals surface area contributed by atoms with Crippen LogP contribution in [-0.4, -0.2) is 19.0 Å². The number of rotatable bonds is 6. The zero-order valence-corrected chi connectivity index (χ0v) is 14.5. The summed E-state index contributed by atoms with van der Waals surface area (Å²) < 4.78 is 0. The first kappa shape index (κ1) is 19.0. The lowest BCUT2D eigenvalue weighted by atomic mass is 9.77. The second-order valence-corrected chi connectivity index (χ2v) is 6.46. The van der Waals surface area contributed by atoms with Gasteiger partial charge in [0.05, 0.1) is 5.41 Å². The Labute approximate surface area is 140 Å². The van der Waals surface area contributed by atoms with Gasteiger partial charge in [0.15, 0.2) is 0 Å². The van der Waals surface area contributed by atoms with E-state index < -0.39 is 0 Å². The molecule has 22 heavy (non-hydrogen) atoms. The molecule has 124 valence electrons. The van der Waals surface area contributed by atoms with Crippen molar-refractivity contribution in [2.24, 2.45) is 5.73 Å². The van der Waals surface area contributed by atoms with Crippen LogP contribution in [0.15, 0.2) is 24.3 Å². The van der Waals surface area contributed by atoms with E-state index in [1.807, 2.05) is 0 Å². The molecule has 1 amide bonds. The summed E-state index contributed by atoms with van der Waals surface area (Å²) in [6.45, 7) is 5.69. The Morgan fingerprint density at radius 2 is 1.82 bits per heavy atom. The van der Waals surface area contributed by atoms with Gasteiger partial charge >= 0.3 is 0 Å². The number of benzene rings is 1. The van der Waals surface area contributed by atoms with Crippen molar-refractivity contribution in [3.05, 3.63) is 35.4 Å². The van der Waals surface area contributed by atoms with E-state index in [0.29, 0.717) is 19.0 Å². The third-order valence-corrected chi connectivity index (χ3v) is 4.69. The normalized spacial score (nSPS) is 16.4. The number of hydrogen-bond acceptors (Lipinski definition) is 2. The second kappa shape index (κ2) is 8.54. The average Bonchev–Trinajstić information content (AvgIpc) is 2.98. The third-order valence-electron chi connectivity index (χ3n) is 4.69. The van der Waals surface area contributed by atoms with Crippen molar-refractivity contribution < 1.29 is 4.79 Å². The number of carbonyl (C=O) groups excluding carboxylic acids is 1. The number of nitrogens with one attached hydrogen (secondary N) is 1. The Morgan fingerprint density at radius 3 is 2.32 bits per heavy atom. The monoisotopic (exact) mass is 324 g/mol. The van der Waals surface area contributed by atoms with Crippen LogP contribution in [0.5, 0.6) is 0 Å². The van der Waals surface area contributed by atoms with Gasteiger partial charge < -0.3 is 11.1 Å². The van der Waals surface area contributed by atoms with Crippen molar-refractivity contribution in [1.82, 2.24) is 5.32 Å². The van der Waals surface area contributed by atoms with Crippen LogP contribution in [0.4, 0.5) is 0 Å². The van der Waals surface area contributed by atoms with Gasteiger partial charge in [-0.2, -0.15) is 0 Å². The van der Waals surface area contributed by atoms with E-state index >= 15 is 0 Å². The number of halogens is 1. The van der Waals surface area contributed by atoms with Crippen LogP contribution in [0, 0.1) is 0 Å². The van der Waals surface area contributed by atoms with Crippen LogP contribution in [0.3, 0.4) is 0 Å². The van der Waals surface area contributed by atoms with Gasteiger partial charge in [-0.3, -0.25) is 4.79 Å². The smallest absolute Gasteiger partial charge is 0.230 e. The lowest BCUT2D eigenvalue weighted by Gasteiger charge is -2.28. The zero-order valence-electron chi connectivity index (χ0n) is 13.7. The molecule has 0 saturated heterocycles. The topological polar surface area (TPSA) is 55.1 Å². The molecular formula is C18H29ClN2O. The van der Waals surface area contributed by atoms with Crippen LogP contribution in [0.2, 0.25) is 0 Å². The molecule has 4 heteroatoms. The minimum absolute atomic E-state index is 0. The largest absolute Gasteiger partial charge is 0.355 e. The summed E-state index contributed by atoms with van der Waals surface area (Å²) in [6.07, 6.45) is 5.03. The minimum Gasteiger partial charge on any atom is -0.355 e. The Hall–Kier alpha value is -1.06. The van der Waals surface area contributed by atoms with Crippen molar-refractivity contribution in [2.75, 3.05) is 13.1 Å². The molecule has 3 nitrogen and oxygen atoms in total. The molecule has 1 aliphatic rings. The summed E-state index contributed by atoms with van der Waals surface area (Å²) in [5.74, 6) is 0.711. The van der Waals surface area contributed by atoms with Gasteiger partial charge in [-0.1, -0.05) is 51.0 Å². The first-order chi connectivity index (χ1) is 10.1. The van der Waals surface area contributed by atoms with E-state index in [-0.39, 0.29) is 23.7 Å². The predicted molar refractivity (Wildman–Crippen MR) is 94.6 cm³/mol. The third kappa shape index (κ3) is 4.02. The highest BCUT2D eigenvalue weighted by Gasteiger charge is 2.42. The van der Waals surface area contributed by atoms with Crippen LogP contribution in [0.1, 0.15) is 63.0 Å². The van der Waals surface area contributed by atoms with Gasteiger partial charge in [-0.15, -0.1) is 12.4 Å². The molecule has 3 N–H and O–H groups in total. The van der Waals surface area contributed by atoms with Crippen LogP contribution >= 0.6 is 12.4 Å². The fraction of sp³-hybridized carbons (Fsp3) is 0.611. The van der Waals surface area contributed by atoms with Crippen molar-refractivity contribution >= 4 is 18.3 Å². The molecule has 0 bridgehead atoms. The van der Waals surface area contributed by atoms with E-state index in [2.05, 4.69) is 43.4 Å². The van der Waals surface area contributed by atoms with Crippen molar-refractivity contribution in [3.8, 4) is 0 Å². The molecule has 1 aliphatic carbocycles. The molecule has 1 aromatic rings. The highest BCUT2D eigenvalue weighted by Crippen LogP contribution is 2.41. The summed E-state index contributed by atoms with van der Waals surface area (Å²) in [6, 6.07) is 8.66. The molecule has 0 radical (unpaired) electrons. The molecule has 0 spiro atoms. The molecule has 2 rings (SSSR count). The van der Waals surface area contributed by atoms with E-state index in [4.69, 9.17) is 5.73 Å². The summed E-state index contributed by atoms with van der Waals surface area (Å²) in [5, 5.41) is 3.08. The summed E-state index contributed by atoms with van der Waals surface area (Å²) in [5.41, 5.74) is 7.70. The highest BCUT2D eigenvalue weighted by atomic mass is 35.5. The maximum Gasteiger partial charge on any atom is 0.230 e. The first-order valence-corrected chi connectivity index (χ1v) is 8.19. The van der Waals surface area contributed by atoms with Gasteiger partial charge in [0.25, 0.3) is 0 Å². The average molecular weight is 325 g/mol. The molecule has 0 aliphatic heterocycles. The van der Waals surface area contributed by atoms with Gasteiger partial charge in [0.2, 0.25) is 5.91 Å². The summed E-state index contributed by atoms with van der Waals surface area (Å²) in [4.78, 5) is 12.7. The number of hydrogen-bond donors (Lipinski definition) is 2. The molecule has 0 aromatic heterocycles. The standard InChI is InChI=1S/C18H28N2O.ClH/c1-14(2)15-6-8-16(9-7-15)18(10-3-4-11-18)17(21)20-13-5-12-19;/h6-9,14H,3-5,10-13,19H2,1-2H3,(H,20,21);1H. The lowest BCUT2D eigenvalue weighted by Crippen LogP contribution is -2.43. The van der Waals surface area contributed by atoms with Gasteiger partial charge in [-0.25, -0.2) is 0 Å². The molecule has 1 aromatic carbocycles. The molecule has 1 fully saturated rings.